The van der Waals surface area contributed by atoms with Crippen LogP contribution in [0.15, 0.2) is 48.7 Å². The average molecular weight is 427 g/mol. The molecule has 3 aromatic rings. The van der Waals surface area contributed by atoms with Crippen LogP contribution in [-0.4, -0.2) is 41.2 Å². The summed E-state index contributed by atoms with van der Waals surface area (Å²) in [7, 11) is 1.67. The highest BCUT2D eigenvalue weighted by molar-refractivity contribution is 6.30. The lowest BCUT2D eigenvalue weighted by Gasteiger charge is -2.34. The molecule has 30 heavy (non-hydrogen) atoms. The minimum Gasteiger partial charge on any atom is -0.396 e. The zero-order valence-electron chi connectivity index (χ0n) is 16.3. The third kappa shape index (κ3) is 3.99. The summed E-state index contributed by atoms with van der Waals surface area (Å²) in [4.78, 5) is 24.8. The van der Waals surface area contributed by atoms with Crippen LogP contribution in [-0.2, 0) is 17.8 Å². The van der Waals surface area contributed by atoms with Crippen molar-refractivity contribution in [3.05, 3.63) is 70.6 Å². The van der Waals surface area contributed by atoms with E-state index in [1.54, 1.807) is 30.3 Å². The third-order valence-electron chi connectivity index (χ3n) is 5.10. The SMILES string of the molecule is CN1C(=O)CN(Cc2ccc(Cl)cc2F)c2nc(-c3ccc(CCO)cc3)ncc21. The van der Waals surface area contributed by atoms with Crippen LogP contribution < -0.4 is 9.80 Å². The summed E-state index contributed by atoms with van der Waals surface area (Å²) < 4.78 is 14.3. The van der Waals surface area contributed by atoms with Gasteiger partial charge in [0, 0.05) is 36.3 Å². The number of benzene rings is 2. The van der Waals surface area contributed by atoms with Gasteiger partial charge in [-0.25, -0.2) is 14.4 Å². The molecular formula is C22H20ClFN4O2. The van der Waals surface area contributed by atoms with Gasteiger partial charge in [0.2, 0.25) is 5.91 Å². The number of carbonyl (C=O) groups excluding carboxylic acids is 1. The van der Waals surface area contributed by atoms with Crippen LogP contribution in [0.3, 0.4) is 0 Å². The Morgan fingerprint density at radius 2 is 1.97 bits per heavy atom. The largest absolute Gasteiger partial charge is 0.396 e. The van der Waals surface area contributed by atoms with Gasteiger partial charge in [-0.2, -0.15) is 0 Å². The monoisotopic (exact) mass is 426 g/mol. The number of hydrogen-bond donors (Lipinski definition) is 1. The fourth-order valence-corrected chi connectivity index (χ4v) is 3.55. The van der Waals surface area contributed by atoms with E-state index < -0.39 is 5.82 Å². The minimum absolute atomic E-state index is 0.0808. The van der Waals surface area contributed by atoms with Crippen molar-refractivity contribution in [1.82, 2.24) is 9.97 Å². The van der Waals surface area contributed by atoms with E-state index in [1.165, 1.54) is 11.0 Å². The van der Waals surface area contributed by atoms with E-state index in [2.05, 4.69) is 4.98 Å². The lowest BCUT2D eigenvalue weighted by molar-refractivity contribution is -0.117. The molecule has 0 fully saturated rings. The summed E-state index contributed by atoms with van der Waals surface area (Å²) in [5, 5.41) is 9.39. The summed E-state index contributed by atoms with van der Waals surface area (Å²) in [6.45, 7) is 0.351. The van der Waals surface area contributed by atoms with Crippen molar-refractivity contribution in [3.63, 3.8) is 0 Å². The number of anilines is 2. The quantitative estimate of drug-likeness (QED) is 0.676. The van der Waals surface area contributed by atoms with E-state index in [0.717, 1.165) is 11.1 Å². The van der Waals surface area contributed by atoms with Crippen LogP contribution in [0, 0.1) is 5.82 Å². The first-order valence-corrected chi connectivity index (χ1v) is 9.86. The molecule has 0 saturated heterocycles. The highest BCUT2D eigenvalue weighted by atomic mass is 35.5. The first kappa shape index (κ1) is 20.3. The highest BCUT2D eigenvalue weighted by Crippen LogP contribution is 2.33. The summed E-state index contributed by atoms with van der Waals surface area (Å²) in [5.74, 6) is 0.523. The first-order chi connectivity index (χ1) is 14.5. The Morgan fingerprint density at radius 3 is 2.67 bits per heavy atom. The van der Waals surface area contributed by atoms with Crippen molar-refractivity contribution < 1.29 is 14.3 Å². The summed E-state index contributed by atoms with van der Waals surface area (Å²) in [6, 6.07) is 12.1. The lowest BCUT2D eigenvalue weighted by Crippen LogP contribution is -2.44. The molecule has 2 heterocycles. The van der Waals surface area contributed by atoms with Gasteiger partial charge in [0.15, 0.2) is 11.6 Å². The normalized spacial score (nSPS) is 13.5. The Morgan fingerprint density at radius 1 is 1.20 bits per heavy atom. The van der Waals surface area contributed by atoms with Crippen molar-refractivity contribution in [3.8, 4) is 11.4 Å². The number of amides is 1. The number of likely N-dealkylation sites (N-methyl/N-ethyl adjacent to an activating group) is 1. The van der Waals surface area contributed by atoms with Crippen LogP contribution in [0.25, 0.3) is 11.4 Å². The minimum atomic E-state index is -0.427. The Kier molecular flexibility index (Phi) is 5.65. The van der Waals surface area contributed by atoms with Crippen molar-refractivity contribution >= 4 is 29.0 Å². The Labute approximate surface area is 178 Å². The third-order valence-corrected chi connectivity index (χ3v) is 5.34. The van der Waals surface area contributed by atoms with E-state index >= 15 is 0 Å². The molecule has 0 unspecified atom stereocenters. The molecular weight excluding hydrogens is 407 g/mol. The molecule has 1 aromatic heterocycles. The number of fused-ring (bicyclic) bond motifs is 1. The van der Waals surface area contributed by atoms with Crippen LogP contribution in [0.2, 0.25) is 5.02 Å². The molecule has 1 amide bonds. The second-order valence-corrected chi connectivity index (χ2v) is 7.55. The van der Waals surface area contributed by atoms with E-state index in [-0.39, 0.29) is 25.6 Å². The smallest absolute Gasteiger partial charge is 0.246 e. The van der Waals surface area contributed by atoms with Gasteiger partial charge in [-0.15, -0.1) is 0 Å². The molecule has 1 aliphatic rings. The number of rotatable bonds is 5. The van der Waals surface area contributed by atoms with E-state index in [0.29, 0.717) is 34.3 Å². The van der Waals surface area contributed by atoms with Gasteiger partial charge in [-0.05, 0) is 24.1 Å². The van der Waals surface area contributed by atoms with Crippen molar-refractivity contribution in [1.29, 1.82) is 0 Å². The number of aliphatic hydroxyl groups is 1. The molecule has 0 bridgehead atoms. The van der Waals surface area contributed by atoms with Crippen LogP contribution in [0.5, 0.6) is 0 Å². The number of halogens is 2. The maximum absolute atomic E-state index is 14.3. The van der Waals surface area contributed by atoms with E-state index in [9.17, 15) is 9.18 Å². The predicted octanol–water partition coefficient (Wildman–Crippen LogP) is 3.45. The molecule has 8 heteroatoms. The zero-order chi connectivity index (χ0) is 21.3. The number of aliphatic hydroxyl groups excluding tert-OH is 1. The summed E-state index contributed by atoms with van der Waals surface area (Å²) in [6.07, 6.45) is 2.19. The molecule has 0 radical (unpaired) electrons. The maximum atomic E-state index is 14.3. The number of hydrogen-bond acceptors (Lipinski definition) is 5. The number of aromatic nitrogens is 2. The van der Waals surface area contributed by atoms with Crippen molar-refractivity contribution in [2.45, 2.75) is 13.0 Å². The molecule has 0 atom stereocenters. The molecule has 2 aromatic carbocycles. The van der Waals surface area contributed by atoms with Gasteiger partial charge in [-0.3, -0.25) is 4.79 Å². The van der Waals surface area contributed by atoms with Crippen LogP contribution in [0.4, 0.5) is 15.9 Å². The van der Waals surface area contributed by atoms with Gasteiger partial charge in [0.25, 0.3) is 0 Å². The maximum Gasteiger partial charge on any atom is 0.246 e. The lowest BCUT2D eigenvalue weighted by atomic mass is 10.1. The Hall–Kier alpha value is -3.03. The standard InChI is InChI=1S/C22H20ClFN4O2/c1-27-19-11-25-21(15-4-2-14(3-5-15)8-9-29)26-22(19)28(13-20(27)30)12-16-6-7-17(23)10-18(16)24/h2-7,10-11,29H,8-9,12-13H2,1H3. The number of nitrogens with zero attached hydrogens (tertiary/aromatic N) is 4. The van der Waals surface area contributed by atoms with E-state index in [1.807, 2.05) is 24.3 Å². The Bertz CT molecular complexity index is 1090. The van der Waals surface area contributed by atoms with Crippen molar-refractivity contribution in [2.75, 3.05) is 30.0 Å². The Balaban J connectivity index is 1.70. The van der Waals surface area contributed by atoms with Crippen molar-refractivity contribution in [2.24, 2.45) is 0 Å². The molecule has 1 N–H and O–H groups in total. The molecule has 1 aliphatic heterocycles. The van der Waals surface area contributed by atoms with Crippen LogP contribution >= 0.6 is 11.6 Å². The van der Waals surface area contributed by atoms with E-state index in [4.69, 9.17) is 21.7 Å². The fourth-order valence-electron chi connectivity index (χ4n) is 3.39. The molecule has 6 nitrogen and oxygen atoms in total. The average Bonchev–Trinajstić information content (AvgIpc) is 2.74. The van der Waals surface area contributed by atoms with Gasteiger partial charge >= 0.3 is 0 Å². The highest BCUT2D eigenvalue weighted by Gasteiger charge is 2.29. The van der Waals surface area contributed by atoms with Crippen LogP contribution in [0.1, 0.15) is 11.1 Å². The zero-order valence-corrected chi connectivity index (χ0v) is 17.1. The molecule has 154 valence electrons. The van der Waals surface area contributed by atoms with Gasteiger partial charge in [0.1, 0.15) is 11.5 Å². The second kappa shape index (κ2) is 8.38. The van der Waals surface area contributed by atoms with Gasteiger partial charge in [0.05, 0.1) is 12.7 Å². The molecule has 0 saturated carbocycles. The number of carbonyl (C=O) groups is 1. The summed E-state index contributed by atoms with van der Waals surface area (Å²) >= 11 is 5.85. The molecule has 0 aliphatic carbocycles. The molecule has 0 spiro atoms. The first-order valence-electron chi connectivity index (χ1n) is 9.49. The summed E-state index contributed by atoms with van der Waals surface area (Å²) in [5.41, 5.74) is 2.83. The topological polar surface area (TPSA) is 69.6 Å². The fraction of sp³-hybridized carbons (Fsp3) is 0.227. The molecule has 4 rings (SSSR count). The van der Waals surface area contributed by atoms with Gasteiger partial charge < -0.3 is 14.9 Å². The predicted molar refractivity (Wildman–Crippen MR) is 114 cm³/mol. The van der Waals surface area contributed by atoms with Gasteiger partial charge in [-0.1, -0.05) is 41.9 Å². The second-order valence-electron chi connectivity index (χ2n) is 7.12.